The molecule has 295 valence electrons. The van der Waals surface area contributed by atoms with Crippen molar-refractivity contribution in [1.82, 2.24) is 0 Å². The summed E-state index contributed by atoms with van der Waals surface area (Å²) in [6, 6.07) is 28.6. The number of hydrogen-bond acceptors (Lipinski definition) is 0. The van der Waals surface area contributed by atoms with Gasteiger partial charge in [-0.2, -0.15) is 0 Å². The normalized spacial score (nSPS) is 15.5. The summed E-state index contributed by atoms with van der Waals surface area (Å²) in [6.07, 6.45) is 6.60. The molecule has 0 amide bonds. The summed E-state index contributed by atoms with van der Waals surface area (Å²) in [5.74, 6) is 0.269. The van der Waals surface area contributed by atoms with Gasteiger partial charge in [0.05, 0.1) is 0 Å². The minimum Gasteiger partial charge on any atom is -1.00 e. The average molecular weight is 864 g/mol. The van der Waals surface area contributed by atoms with Gasteiger partial charge in [0.1, 0.15) is 0 Å². The molecular formula is C53H65Cl2Zr. The van der Waals surface area contributed by atoms with Gasteiger partial charge < -0.3 is 24.8 Å². The summed E-state index contributed by atoms with van der Waals surface area (Å²) < 4.78 is 0. The predicted molar refractivity (Wildman–Crippen MR) is 231 cm³/mol. The molecule has 3 heteroatoms. The van der Waals surface area contributed by atoms with E-state index in [1.54, 1.807) is 0 Å². The Morgan fingerprint density at radius 3 is 1.38 bits per heavy atom. The van der Waals surface area contributed by atoms with E-state index in [-0.39, 0.29) is 84.0 Å². The molecule has 0 aliphatic heterocycles. The van der Waals surface area contributed by atoms with Crippen LogP contribution in [0.15, 0.2) is 90.0 Å². The fourth-order valence-electron chi connectivity index (χ4n) is 8.52. The average Bonchev–Trinajstić information content (AvgIpc) is 3.55. The molecule has 0 saturated heterocycles. The maximum atomic E-state index is 4.06. The minimum absolute atomic E-state index is 0. The molecule has 4 aromatic carbocycles. The van der Waals surface area contributed by atoms with Crippen molar-refractivity contribution >= 4 is 17.2 Å². The third-order valence-corrected chi connectivity index (χ3v) is 11.7. The first kappa shape index (κ1) is 47.9. The van der Waals surface area contributed by atoms with Gasteiger partial charge in [-0.3, -0.25) is 0 Å². The zero-order chi connectivity index (χ0) is 39.2. The molecule has 0 N–H and O–H groups in total. The molecule has 0 nitrogen and oxygen atoms in total. The molecule has 0 bridgehead atoms. The van der Waals surface area contributed by atoms with E-state index >= 15 is 0 Å². The van der Waals surface area contributed by atoms with Crippen molar-refractivity contribution in [3.05, 3.63) is 155 Å². The van der Waals surface area contributed by atoms with Gasteiger partial charge in [0.15, 0.2) is 0 Å². The molecule has 1 radical (unpaired) electrons. The van der Waals surface area contributed by atoms with Crippen LogP contribution in [0.1, 0.15) is 162 Å². The number of hydrogen-bond donors (Lipinski definition) is 0. The van der Waals surface area contributed by atoms with Crippen LogP contribution in [0.5, 0.6) is 0 Å². The first-order valence-electron chi connectivity index (χ1n) is 19.9. The molecule has 6 rings (SSSR count). The number of benzene rings is 4. The van der Waals surface area contributed by atoms with Gasteiger partial charge in [-0.05, 0) is 84.1 Å². The fraction of sp³-hybridized carbons (Fsp3) is 0.434. The molecule has 1 atom stereocenters. The zero-order valence-corrected chi connectivity index (χ0v) is 41.3. The number of fused-ring (bicyclic) bond motifs is 2. The summed E-state index contributed by atoms with van der Waals surface area (Å²) in [6.45, 7) is 39.9. The van der Waals surface area contributed by atoms with E-state index in [0.29, 0.717) is 0 Å². The van der Waals surface area contributed by atoms with Crippen LogP contribution >= 0.6 is 0 Å². The molecule has 0 aromatic heterocycles. The van der Waals surface area contributed by atoms with Gasteiger partial charge in [-0.15, -0.1) is 33.4 Å². The molecule has 0 fully saturated rings. The Bertz CT molecular complexity index is 2330. The molecular weight excluding hydrogens is 799 g/mol. The largest absolute Gasteiger partial charge is 3.00 e. The molecule has 0 heterocycles. The molecule has 2 aliphatic carbocycles. The van der Waals surface area contributed by atoms with Crippen LogP contribution in [0.2, 0.25) is 0 Å². The maximum Gasteiger partial charge on any atom is 3.00 e. The Morgan fingerprint density at radius 2 is 0.982 bits per heavy atom. The van der Waals surface area contributed by atoms with Gasteiger partial charge in [0.25, 0.3) is 0 Å². The van der Waals surface area contributed by atoms with Gasteiger partial charge in [-0.25, -0.2) is 0 Å². The SMILES string of the molecule is CC1=C(c2c3c(cc(C(C)(C)C)c2=C(c2ccc(C(C)(C)C)cc2)c2ccc(C(C)(C)C)cc2)=c2cc(C(C)(C)C)ccc2=[C-]3)C(C)C=C1C(C)(C)C.[Cl-].[Cl-].[Zr+3]. The predicted octanol–water partition coefficient (Wildman–Crippen LogP) is 6.83. The maximum absolute atomic E-state index is 4.06. The van der Waals surface area contributed by atoms with Crippen molar-refractivity contribution in [2.75, 3.05) is 0 Å². The van der Waals surface area contributed by atoms with Crippen molar-refractivity contribution in [2.45, 2.75) is 139 Å². The van der Waals surface area contributed by atoms with Crippen molar-refractivity contribution in [3.63, 3.8) is 0 Å². The van der Waals surface area contributed by atoms with Crippen LogP contribution in [-0.4, -0.2) is 0 Å². The number of halogens is 2. The van der Waals surface area contributed by atoms with Crippen molar-refractivity contribution in [3.8, 4) is 0 Å². The molecule has 2 aliphatic rings. The summed E-state index contributed by atoms with van der Waals surface area (Å²) in [4.78, 5) is 0. The summed E-state index contributed by atoms with van der Waals surface area (Å²) in [5, 5.41) is 5.18. The van der Waals surface area contributed by atoms with E-state index < -0.39 is 0 Å². The summed E-state index contributed by atoms with van der Waals surface area (Å²) in [5.41, 5.74) is 16.3. The smallest absolute Gasteiger partial charge is 1.00 e. The van der Waals surface area contributed by atoms with Gasteiger partial charge in [0, 0.05) is 0 Å². The molecule has 4 aromatic rings. The summed E-state index contributed by atoms with van der Waals surface area (Å²) >= 11 is 0. The molecule has 1 unspecified atom stereocenters. The zero-order valence-electron chi connectivity index (χ0n) is 37.3. The second-order valence-electron chi connectivity index (χ2n) is 21.2. The van der Waals surface area contributed by atoms with Gasteiger partial charge in [-0.1, -0.05) is 206 Å². The first-order chi connectivity index (χ1) is 24.3. The van der Waals surface area contributed by atoms with Crippen LogP contribution in [0, 0.1) is 21.8 Å². The Hall–Kier alpha value is -2.44. The number of rotatable bonds is 3. The standard InChI is InChI=1S/C53H65.2ClH.Zr/c1-32-28-43(52(12,13)14)33(2)45(32)47-42-29-36-22-27-39(51(9,10)11)30-40(36)41(42)31-44(53(15,16)17)48(47)46(34-18-23-37(24-19-34)49(3,4)5)35-20-25-38(26-21-35)50(6,7)8;;;/h18-28,30-32H,1-17H3;2*1H;/q-1;;;+3/p-2. The second kappa shape index (κ2) is 16.3. The van der Waals surface area contributed by atoms with Crippen LogP contribution in [0.4, 0.5) is 0 Å². The number of allylic oxidation sites excluding steroid dienone is 4. The van der Waals surface area contributed by atoms with E-state index in [1.165, 1.54) is 87.7 Å². The second-order valence-corrected chi connectivity index (χ2v) is 21.2. The Kier molecular flexibility index (Phi) is 14.0. The fourth-order valence-corrected chi connectivity index (χ4v) is 8.52. The van der Waals surface area contributed by atoms with E-state index in [2.05, 4.69) is 203 Å². The third kappa shape index (κ3) is 9.07. The third-order valence-electron chi connectivity index (χ3n) is 11.7. The van der Waals surface area contributed by atoms with E-state index in [1.807, 2.05) is 0 Å². The quantitative estimate of drug-likeness (QED) is 0.175. The van der Waals surface area contributed by atoms with Crippen LogP contribution in [0.3, 0.4) is 0 Å². The first-order valence-corrected chi connectivity index (χ1v) is 19.9. The Labute approximate surface area is 371 Å². The monoisotopic (exact) mass is 861 g/mol. The van der Waals surface area contributed by atoms with Crippen molar-refractivity contribution in [2.24, 2.45) is 11.3 Å². The topological polar surface area (TPSA) is 0 Å². The van der Waals surface area contributed by atoms with Crippen molar-refractivity contribution in [1.29, 1.82) is 0 Å². The van der Waals surface area contributed by atoms with Gasteiger partial charge in [0.2, 0.25) is 0 Å². The van der Waals surface area contributed by atoms with E-state index in [4.69, 9.17) is 0 Å². The minimum atomic E-state index is -0.137. The molecule has 56 heavy (non-hydrogen) atoms. The van der Waals surface area contributed by atoms with Crippen LogP contribution in [-0.2, 0) is 47.9 Å². The van der Waals surface area contributed by atoms with Gasteiger partial charge >= 0.3 is 26.2 Å². The van der Waals surface area contributed by atoms with Crippen LogP contribution < -0.4 is 35.3 Å². The van der Waals surface area contributed by atoms with Crippen molar-refractivity contribution < 1.29 is 51.0 Å². The van der Waals surface area contributed by atoms with Crippen LogP contribution in [0.25, 0.3) is 17.2 Å². The van der Waals surface area contributed by atoms with E-state index in [9.17, 15) is 0 Å². The molecule has 0 spiro atoms. The Morgan fingerprint density at radius 1 is 0.536 bits per heavy atom. The summed E-state index contributed by atoms with van der Waals surface area (Å²) in [7, 11) is 0. The van der Waals surface area contributed by atoms with E-state index in [0.717, 1.165) is 0 Å². The Balaban J connectivity index is 0.00000280. The molecule has 0 saturated carbocycles.